The molecule has 4 rings (SSSR count). The molecule has 2 aromatic carbocycles. The van der Waals surface area contributed by atoms with Gasteiger partial charge in [0.15, 0.2) is 10.6 Å². The Kier molecular flexibility index (Phi) is 5.26. The average Bonchev–Trinajstić information content (AvgIpc) is 3.02. The van der Waals surface area contributed by atoms with Gasteiger partial charge in [-0.25, -0.2) is 4.99 Å². The minimum absolute atomic E-state index is 0.0707. The highest BCUT2D eigenvalue weighted by atomic mass is 32.1. The summed E-state index contributed by atoms with van der Waals surface area (Å²) in [5.74, 6) is -0.0707. The molecule has 3 aromatic rings. The third-order valence-corrected chi connectivity index (χ3v) is 6.21. The van der Waals surface area contributed by atoms with Gasteiger partial charge < -0.3 is 4.90 Å². The molecule has 30 heavy (non-hydrogen) atoms. The molecule has 0 fully saturated rings. The molecule has 2 heterocycles. The number of hydrogen-bond donors (Lipinski definition) is 0. The van der Waals surface area contributed by atoms with Gasteiger partial charge in [0.25, 0.3) is 5.56 Å². The Morgan fingerprint density at radius 1 is 1.10 bits per heavy atom. The van der Waals surface area contributed by atoms with E-state index in [-0.39, 0.29) is 11.3 Å². The molecule has 152 valence electrons. The molecule has 0 bridgehead atoms. The molecule has 0 aliphatic carbocycles. The normalized spacial score (nSPS) is 16.3. The third kappa shape index (κ3) is 3.55. The zero-order valence-electron chi connectivity index (χ0n) is 17.4. The van der Waals surface area contributed by atoms with Crippen molar-refractivity contribution < 1.29 is 4.79 Å². The van der Waals surface area contributed by atoms with Gasteiger partial charge in [-0.1, -0.05) is 53.8 Å². The van der Waals surface area contributed by atoms with Crippen molar-refractivity contribution in [3.05, 3.63) is 96.7 Å². The van der Waals surface area contributed by atoms with E-state index in [1.54, 1.807) is 4.57 Å². The highest BCUT2D eigenvalue weighted by Crippen LogP contribution is 2.29. The minimum Gasteiger partial charge on any atom is -0.378 e. The first-order chi connectivity index (χ1) is 14.4. The number of thiazole rings is 1. The predicted octanol–water partition coefficient (Wildman–Crippen LogP) is 2.89. The molecule has 0 spiro atoms. The maximum absolute atomic E-state index is 13.4. The summed E-state index contributed by atoms with van der Waals surface area (Å²) in [7, 11) is 3.98. The van der Waals surface area contributed by atoms with Crippen molar-refractivity contribution in [2.75, 3.05) is 19.0 Å². The minimum atomic E-state index is -0.460. The molecule has 1 atom stereocenters. The van der Waals surface area contributed by atoms with Crippen LogP contribution in [0.3, 0.4) is 0 Å². The van der Waals surface area contributed by atoms with Crippen LogP contribution in [0.1, 0.15) is 31.0 Å². The van der Waals surface area contributed by atoms with Gasteiger partial charge in [0, 0.05) is 31.1 Å². The maximum atomic E-state index is 13.4. The first-order valence-corrected chi connectivity index (χ1v) is 10.5. The van der Waals surface area contributed by atoms with Gasteiger partial charge in [-0.05, 0) is 43.2 Å². The summed E-state index contributed by atoms with van der Waals surface area (Å²) in [5.41, 5.74) is 4.05. The van der Waals surface area contributed by atoms with Crippen LogP contribution < -0.4 is 19.8 Å². The van der Waals surface area contributed by atoms with E-state index in [1.165, 1.54) is 18.3 Å². The topological polar surface area (TPSA) is 54.7 Å². The van der Waals surface area contributed by atoms with Crippen LogP contribution in [0.5, 0.6) is 0 Å². The van der Waals surface area contributed by atoms with Gasteiger partial charge >= 0.3 is 0 Å². The fourth-order valence-electron chi connectivity index (χ4n) is 3.74. The lowest BCUT2D eigenvalue weighted by Crippen LogP contribution is -2.39. The summed E-state index contributed by atoms with van der Waals surface area (Å²) in [5, 5.41) is 0. The standard InChI is InChI=1S/C24H23N3O2S/c1-15-21(16(2)28)22(18-8-6-5-7-9-18)27-23(29)20(30-24(27)25-15)14-17-10-12-19(13-11-17)26(3)4/h5-14,22H,1-4H3/b20-14-/t22-/m1/s1. The Bertz CT molecular complexity index is 1310. The molecule has 1 aliphatic heterocycles. The quantitative estimate of drug-likeness (QED) is 0.656. The van der Waals surface area contributed by atoms with Crippen molar-refractivity contribution in [1.82, 2.24) is 4.57 Å². The van der Waals surface area contributed by atoms with Crippen LogP contribution >= 0.6 is 11.3 Å². The molecule has 6 heteroatoms. The summed E-state index contributed by atoms with van der Waals surface area (Å²) in [6.45, 7) is 3.37. The van der Waals surface area contributed by atoms with Gasteiger partial charge in [-0.3, -0.25) is 14.2 Å². The van der Waals surface area contributed by atoms with E-state index < -0.39 is 6.04 Å². The summed E-state index contributed by atoms with van der Waals surface area (Å²) in [6, 6.07) is 17.2. The van der Waals surface area contributed by atoms with E-state index in [4.69, 9.17) is 0 Å². The zero-order valence-corrected chi connectivity index (χ0v) is 18.2. The SMILES string of the molecule is CC(=O)C1=C(C)N=c2s/c(=C\c3ccc(N(C)C)cc3)c(=O)n2[C@@H]1c1ccccc1. The van der Waals surface area contributed by atoms with Crippen LogP contribution in [-0.2, 0) is 4.79 Å². The van der Waals surface area contributed by atoms with Crippen molar-refractivity contribution in [2.24, 2.45) is 4.99 Å². The smallest absolute Gasteiger partial charge is 0.271 e. The summed E-state index contributed by atoms with van der Waals surface area (Å²) >= 11 is 1.36. The number of anilines is 1. The number of rotatable bonds is 4. The van der Waals surface area contributed by atoms with Crippen molar-refractivity contribution >= 4 is 28.9 Å². The highest BCUT2D eigenvalue weighted by molar-refractivity contribution is 7.07. The zero-order chi connectivity index (χ0) is 21.4. The second-order valence-electron chi connectivity index (χ2n) is 7.53. The molecule has 1 aliphatic rings. The van der Waals surface area contributed by atoms with Crippen LogP contribution in [0.2, 0.25) is 0 Å². The van der Waals surface area contributed by atoms with E-state index in [2.05, 4.69) is 4.99 Å². The monoisotopic (exact) mass is 417 g/mol. The summed E-state index contributed by atoms with van der Waals surface area (Å²) in [4.78, 5) is 33.1. The van der Waals surface area contributed by atoms with Crippen LogP contribution in [0.25, 0.3) is 6.08 Å². The third-order valence-electron chi connectivity index (χ3n) is 5.22. The Labute approximate surface area is 178 Å². The van der Waals surface area contributed by atoms with Crippen molar-refractivity contribution in [3.8, 4) is 0 Å². The lowest BCUT2D eigenvalue weighted by Gasteiger charge is -2.24. The van der Waals surface area contributed by atoms with Gasteiger partial charge in [0.05, 0.1) is 10.6 Å². The van der Waals surface area contributed by atoms with E-state index in [9.17, 15) is 9.59 Å². The number of nitrogens with zero attached hydrogens (tertiary/aromatic N) is 3. The first kappa shape index (κ1) is 20.0. The largest absolute Gasteiger partial charge is 0.378 e. The van der Waals surface area contributed by atoms with Gasteiger partial charge in [0.2, 0.25) is 0 Å². The number of Topliss-reactive ketones (excluding diaryl/α,β-unsaturated/α-hetero) is 1. The number of carbonyl (C=O) groups is 1. The molecule has 0 saturated carbocycles. The fourth-order valence-corrected chi connectivity index (χ4v) is 4.79. The lowest BCUT2D eigenvalue weighted by molar-refractivity contribution is -0.114. The Hall–Kier alpha value is -3.25. The molecular formula is C24H23N3O2S. The Morgan fingerprint density at radius 2 is 1.77 bits per heavy atom. The van der Waals surface area contributed by atoms with Crippen LogP contribution in [-0.4, -0.2) is 24.4 Å². The number of aromatic nitrogens is 1. The molecule has 0 N–H and O–H groups in total. The van der Waals surface area contributed by atoms with E-state index in [0.717, 1.165) is 16.8 Å². The number of ketones is 1. The average molecular weight is 418 g/mol. The van der Waals surface area contributed by atoms with Crippen molar-refractivity contribution in [1.29, 1.82) is 0 Å². The van der Waals surface area contributed by atoms with Crippen LogP contribution in [0.15, 0.2) is 75.7 Å². The number of allylic oxidation sites excluding steroid dienone is 2. The van der Waals surface area contributed by atoms with Crippen molar-refractivity contribution in [2.45, 2.75) is 19.9 Å². The van der Waals surface area contributed by atoms with Crippen molar-refractivity contribution in [3.63, 3.8) is 0 Å². The van der Waals surface area contributed by atoms with E-state index in [0.29, 0.717) is 20.6 Å². The lowest BCUT2D eigenvalue weighted by atomic mass is 9.93. The van der Waals surface area contributed by atoms with E-state index >= 15 is 0 Å². The molecular weight excluding hydrogens is 394 g/mol. The summed E-state index contributed by atoms with van der Waals surface area (Å²) < 4.78 is 2.26. The van der Waals surface area contributed by atoms with Crippen LogP contribution in [0, 0.1) is 0 Å². The molecule has 1 aromatic heterocycles. The first-order valence-electron chi connectivity index (χ1n) is 9.72. The van der Waals surface area contributed by atoms with Gasteiger partial charge in [0.1, 0.15) is 0 Å². The molecule has 5 nitrogen and oxygen atoms in total. The molecule has 0 unspecified atom stereocenters. The predicted molar refractivity (Wildman–Crippen MR) is 122 cm³/mol. The molecule has 0 amide bonds. The number of fused-ring (bicyclic) bond motifs is 1. The molecule has 0 radical (unpaired) electrons. The number of benzene rings is 2. The maximum Gasteiger partial charge on any atom is 0.271 e. The number of hydrogen-bond acceptors (Lipinski definition) is 5. The van der Waals surface area contributed by atoms with Crippen LogP contribution in [0.4, 0.5) is 5.69 Å². The van der Waals surface area contributed by atoms with Gasteiger partial charge in [-0.2, -0.15) is 0 Å². The second kappa shape index (κ2) is 7.88. The second-order valence-corrected chi connectivity index (χ2v) is 8.54. The summed E-state index contributed by atoms with van der Waals surface area (Å²) in [6.07, 6.45) is 1.89. The van der Waals surface area contributed by atoms with Gasteiger partial charge in [-0.15, -0.1) is 0 Å². The highest BCUT2D eigenvalue weighted by Gasteiger charge is 2.30. The number of carbonyl (C=O) groups excluding carboxylic acids is 1. The van der Waals surface area contributed by atoms with E-state index in [1.807, 2.05) is 86.6 Å². The Balaban J connectivity index is 1.91. The molecule has 0 saturated heterocycles. The fraction of sp³-hybridized carbons (Fsp3) is 0.208. The Morgan fingerprint density at radius 3 is 2.37 bits per heavy atom.